The minimum Gasteiger partial charge on any atom is -0.469 e. The molecule has 1 amide bonds. The molecule has 1 fully saturated rings. The van der Waals surface area contributed by atoms with E-state index in [9.17, 15) is 9.59 Å². The third kappa shape index (κ3) is 6.05. The first-order valence-corrected chi connectivity index (χ1v) is 7.10. The zero-order chi connectivity index (χ0) is 14.3. The fraction of sp³-hybridized carbons (Fsp3) is 0.857. The molecule has 19 heavy (non-hydrogen) atoms. The number of ether oxygens (including phenoxy) is 1. The topological polar surface area (TPSA) is 67.4 Å². The molecule has 2 atom stereocenters. The van der Waals surface area contributed by atoms with Crippen molar-refractivity contribution in [3.8, 4) is 0 Å². The highest BCUT2D eigenvalue weighted by Crippen LogP contribution is 2.15. The van der Waals surface area contributed by atoms with Crippen LogP contribution in [0.2, 0.25) is 0 Å². The fourth-order valence-electron chi connectivity index (χ4n) is 2.50. The molecule has 1 heterocycles. The molecule has 5 heteroatoms. The number of nitrogens with one attached hydrogen (secondary N) is 2. The summed E-state index contributed by atoms with van der Waals surface area (Å²) in [6.07, 6.45) is 3.23. The normalized spacial score (nSPS) is 20.3. The van der Waals surface area contributed by atoms with Crippen molar-refractivity contribution < 1.29 is 14.3 Å². The summed E-state index contributed by atoms with van der Waals surface area (Å²) >= 11 is 0. The van der Waals surface area contributed by atoms with Gasteiger partial charge in [0.25, 0.3) is 0 Å². The molecule has 2 N–H and O–H groups in total. The van der Waals surface area contributed by atoms with Gasteiger partial charge in [0, 0.05) is 13.0 Å². The molecular formula is C14H26N2O3. The van der Waals surface area contributed by atoms with Crippen LogP contribution in [0.5, 0.6) is 0 Å². The standard InChI is InChI=1S/C14H26N2O3/c1-10(2)7-11(8-13(17)19-3)9-16-14(18)12-5-4-6-15-12/h10-12,15H,4-9H2,1-3H3,(H,16,18)/t11-,12-/m0/s1. The Balaban J connectivity index is 2.38. The lowest BCUT2D eigenvalue weighted by atomic mass is 9.94. The van der Waals surface area contributed by atoms with Gasteiger partial charge in [0.05, 0.1) is 13.2 Å². The van der Waals surface area contributed by atoms with Crippen molar-refractivity contribution in [1.82, 2.24) is 10.6 Å². The van der Waals surface area contributed by atoms with E-state index in [0.29, 0.717) is 18.9 Å². The predicted octanol–water partition coefficient (Wildman–Crippen LogP) is 1.08. The van der Waals surface area contributed by atoms with Crippen molar-refractivity contribution >= 4 is 11.9 Å². The van der Waals surface area contributed by atoms with E-state index < -0.39 is 0 Å². The Kier molecular flexibility index (Phi) is 6.84. The van der Waals surface area contributed by atoms with Crippen molar-refractivity contribution in [2.24, 2.45) is 11.8 Å². The molecule has 0 saturated carbocycles. The lowest BCUT2D eigenvalue weighted by molar-refractivity contribution is -0.142. The van der Waals surface area contributed by atoms with Gasteiger partial charge in [-0.3, -0.25) is 9.59 Å². The predicted molar refractivity (Wildman–Crippen MR) is 73.6 cm³/mol. The van der Waals surface area contributed by atoms with Crippen LogP contribution in [0.4, 0.5) is 0 Å². The third-order valence-corrected chi connectivity index (χ3v) is 3.43. The SMILES string of the molecule is COC(=O)C[C@@H](CNC(=O)[C@@H]1CCCN1)CC(C)C. The summed E-state index contributed by atoms with van der Waals surface area (Å²) in [7, 11) is 1.40. The third-order valence-electron chi connectivity index (χ3n) is 3.43. The molecule has 0 aromatic heterocycles. The summed E-state index contributed by atoms with van der Waals surface area (Å²) in [5.74, 6) is 0.490. The monoisotopic (exact) mass is 270 g/mol. The first kappa shape index (κ1) is 16.0. The van der Waals surface area contributed by atoms with Crippen LogP contribution in [0.1, 0.15) is 39.5 Å². The van der Waals surface area contributed by atoms with Gasteiger partial charge in [0.2, 0.25) is 5.91 Å². The molecule has 0 aromatic carbocycles. The van der Waals surface area contributed by atoms with Crippen LogP contribution in [0.15, 0.2) is 0 Å². The van der Waals surface area contributed by atoms with E-state index in [2.05, 4.69) is 24.5 Å². The summed E-state index contributed by atoms with van der Waals surface area (Å²) < 4.78 is 4.70. The van der Waals surface area contributed by atoms with Gasteiger partial charge in [-0.05, 0) is 37.6 Å². The molecular weight excluding hydrogens is 244 g/mol. The smallest absolute Gasteiger partial charge is 0.305 e. The number of hydrogen-bond donors (Lipinski definition) is 2. The minimum atomic E-state index is -0.209. The highest BCUT2D eigenvalue weighted by atomic mass is 16.5. The van der Waals surface area contributed by atoms with Crippen LogP contribution in [0, 0.1) is 11.8 Å². The summed E-state index contributed by atoms with van der Waals surface area (Å²) in [5, 5.41) is 6.12. The summed E-state index contributed by atoms with van der Waals surface area (Å²) in [6.45, 7) is 5.69. The largest absolute Gasteiger partial charge is 0.469 e. The second-order valence-corrected chi connectivity index (χ2v) is 5.67. The molecule has 0 bridgehead atoms. The number of esters is 1. The summed E-state index contributed by atoms with van der Waals surface area (Å²) in [6, 6.07) is -0.0576. The molecule has 1 rings (SSSR count). The molecule has 0 radical (unpaired) electrons. The lowest BCUT2D eigenvalue weighted by Crippen LogP contribution is -2.42. The van der Waals surface area contributed by atoms with Gasteiger partial charge in [0.15, 0.2) is 0 Å². The van der Waals surface area contributed by atoms with Crippen LogP contribution in [0.3, 0.4) is 0 Å². The molecule has 0 spiro atoms. The Morgan fingerprint density at radius 2 is 2.16 bits per heavy atom. The first-order valence-electron chi connectivity index (χ1n) is 7.10. The number of amides is 1. The average molecular weight is 270 g/mol. The second kappa shape index (κ2) is 8.15. The zero-order valence-electron chi connectivity index (χ0n) is 12.2. The molecule has 1 aliphatic heterocycles. The van der Waals surface area contributed by atoms with Gasteiger partial charge >= 0.3 is 5.97 Å². The van der Waals surface area contributed by atoms with Crippen LogP contribution in [-0.2, 0) is 14.3 Å². The number of rotatable bonds is 7. The van der Waals surface area contributed by atoms with Gasteiger partial charge < -0.3 is 15.4 Å². The number of methoxy groups -OCH3 is 1. The maximum Gasteiger partial charge on any atom is 0.305 e. The van der Waals surface area contributed by atoms with Gasteiger partial charge in [-0.25, -0.2) is 0 Å². The highest BCUT2D eigenvalue weighted by Gasteiger charge is 2.23. The highest BCUT2D eigenvalue weighted by molar-refractivity contribution is 5.82. The summed E-state index contributed by atoms with van der Waals surface area (Å²) in [5.41, 5.74) is 0. The van der Waals surface area contributed by atoms with Crippen molar-refractivity contribution in [3.63, 3.8) is 0 Å². The van der Waals surface area contributed by atoms with Crippen molar-refractivity contribution in [2.45, 2.75) is 45.6 Å². The average Bonchev–Trinajstić information content (AvgIpc) is 2.88. The Labute approximate surface area is 115 Å². The maximum absolute atomic E-state index is 11.9. The number of hydrogen-bond acceptors (Lipinski definition) is 4. The molecule has 0 unspecified atom stereocenters. The maximum atomic E-state index is 11.9. The van der Waals surface area contributed by atoms with E-state index >= 15 is 0 Å². The number of carbonyl (C=O) groups excluding carboxylic acids is 2. The Morgan fingerprint density at radius 3 is 2.68 bits per heavy atom. The molecule has 5 nitrogen and oxygen atoms in total. The Hall–Kier alpha value is -1.10. The van der Waals surface area contributed by atoms with E-state index in [1.165, 1.54) is 7.11 Å². The van der Waals surface area contributed by atoms with Crippen LogP contribution in [-0.4, -0.2) is 38.1 Å². The van der Waals surface area contributed by atoms with Gasteiger partial charge in [-0.15, -0.1) is 0 Å². The van der Waals surface area contributed by atoms with Crippen LogP contribution < -0.4 is 10.6 Å². The van der Waals surface area contributed by atoms with E-state index in [1.54, 1.807) is 0 Å². The van der Waals surface area contributed by atoms with E-state index in [0.717, 1.165) is 25.8 Å². The number of carbonyl (C=O) groups is 2. The summed E-state index contributed by atoms with van der Waals surface area (Å²) in [4.78, 5) is 23.3. The molecule has 0 aromatic rings. The van der Waals surface area contributed by atoms with Gasteiger partial charge in [-0.2, -0.15) is 0 Å². The van der Waals surface area contributed by atoms with Crippen LogP contribution in [0.25, 0.3) is 0 Å². The lowest BCUT2D eigenvalue weighted by Gasteiger charge is -2.19. The molecule has 1 saturated heterocycles. The Morgan fingerprint density at radius 1 is 1.42 bits per heavy atom. The molecule has 110 valence electrons. The zero-order valence-corrected chi connectivity index (χ0v) is 12.2. The first-order chi connectivity index (χ1) is 9.02. The second-order valence-electron chi connectivity index (χ2n) is 5.67. The molecule has 1 aliphatic rings. The van der Waals surface area contributed by atoms with Crippen molar-refractivity contribution in [2.75, 3.05) is 20.2 Å². The van der Waals surface area contributed by atoms with Crippen LogP contribution >= 0.6 is 0 Å². The molecule has 0 aliphatic carbocycles. The Bertz CT molecular complexity index is 299. The van der Waals surface area contributed by atoms with Crippen molar-refractivity contribution in [3.05, 3.63) is 0 Å². The fourth-order valence-corrected chi connectivity index (χ4v) is 2.50. The van der Waals surface area contributed by atoms with Crippen molar-refractivity contribution in [1.29, 1.82) is 0 Å². The van der Waals surface area contributed by atoms with E-state index in [-0.39, 0.29) is 23.8 Å². The van der Waals surface area contributed by atoms with E-state index in [1.807, 2.05) is 0 Å². The minimum absolute atomic E-state index is 0.0520. The quantitative estimate of drug-likeness (QED) is 0.679. The van der Waals surface area contributed by atoms with Gasteiger partial charge in [-0.1, -0.05) is 13.8 Å². The van der Waals surface area contributed by atoms with E-state index in [4.69, 9.17) is 4.74 Å². The van der Waals surface area contributed by atoms with Gasteiger partial charge in [0.1, 0.15) is 0 Å².